The van der Waals surface area contributed by atoms with E-state index >= 15 is 0 Å². The van der Waals surface area contributed by atoms with Gasteiger partial charge in [-0.3, -0.25) is 5.32 Å². The fourth-order valence-corrected chi connectivity index (χ4v) is 6.02. The predicted octanol–water partition coefficient (Wildman–Crippen LogP) is 6.43. The van der Waals surface area contributed by atoms with Gasteiger partial charge in [-0.25, -0.2) is 9.78 Å². The number of aromatic nitrogens is 1. The molecule has 6 nitrogen and oxygen atoms in total. The molecule has 38 heavy (non-hydrogen) atoms. The standard InChI is InChI=1S/C31H36N4O2S/c1-23-9-5-6-12-26(23)27(24-10-3-2-4-11-24)15-19-35(20-18-32-25-16-21-37-22-17-25)31(36)34-30-33-28-13-7-8-14-29(28)38-30/h2-14,25,27,32H,15-22H2,1H3,(H,33,34,36). The minimum Gasteiger partial charge on any atom is -0.381 e. The number of benzene rings is 3. The number of ether oxygens (including phenoxy) is 1. The second-order valence-corrected chi connectivity index (χ2v) is 10.9. The minimum absolute atomic E-state index is 0.102. The summed E-state index contributed by atoms with van der Waals surface area (Å²) < 4.78 is 6.56. The van der Waals surface area contributed by atoms with Crippen LogP contribution in [0.3, 0.4) is 0 Å². The summed E-state index contributed by atoms with van der Waals surface area (Å²) in [5.74, 6) is 0.207. The number of nitrogens with zero attached hydrogens (tertiary/aromatic N) is 2. The van der Waals surface area contributed by atoms with Crippen LogP contribution in [0.5, 0.6) is 0 Å². The number of hydrogen-bond acceptors (Lipinski definition) is 5. The molecule has 1 atom stereocenters. The van der Waals surface area contributed by atoms with Crippen LogP contribution in [-0.2, 0) is 4.74 Å². The topological polar surface area (TPSA) is 66.5 Å². The first-order valence-electron chi connectivity index (χ1n) is 13.5. The molecule has 2 heterocycles. The number of carbonyl (C=O) groups is 1. The highest BCUT2D eigenvalue weighted by Gasteiger charge is 2.22. The van der Waals surface area contributed by atoms with Crippen LogP contribution in [0.2, 0.25) is 0 Å². The third-order valence-corrected chi connectivity index (χ3v) is 8.24. The van der Waals surface area contributed by atoms with Crippen molar-refractivity contribution in [1.29, 1.82) is 0 Å². The Morgan fingerprint density at radius 2 is 1.74 bits per heavy atom. The van der Waals surface area contributed by atoms with Gasteiger partial charge >= 0.3 is 6.03 Å². The van der Waals surface area contributed by atoms with Crippen molar-refractivity contribution in [1.82, 2.24) is 15.2 Å². The molecule has 0 aliphatic carbocycles. The minimum atomic E-state index is -0.102. The summed E-state index contributed by atoms with van der Waals surface area (Å²) in [4.78, 5) is 20.1. The van der Waals surface area contributed by atoms with Gasteiger partial charge in [0.25, 0.3) is 0 Å². The molecule has 0 spiro atoms. The molecule has 1 aromatic heterocycles. The highest BCUT2D eigenvalue weighted by atomic mass is 32.1. The molecular formula is C31H36N4O2S. The van der Waals surface area contributed by atoms with Crippen molar-refractivity contribution in [3.8, 4) is 0 Å². The zero-order valence-corrected chi connectivity index (χ0v) is 22.8. The second-order valence-electron chi connectivity index (χ2n) is 9.85. The molecule has 198 valence electrons. The van der Waals surface area contributed by atoms with Gasteiger partial charge in [0.2, 0.25) is 0 Å². The van der Waals surface area contributed by atoms with Crippen molar-refractivity contribution in [2.24, 2.45) is 0 Å². The van der Waals surface area contributed by atoms with Crippen LogP contribution >= 0.6 is 11.3 Å². The molecule has 7 heteroatoms. The molecule has 0 radical (unpaired) electrons. The number of nitrogens with one attached hydrogen (secondary N) is 2. The Bertz CT molecular complexity index is 1290. The maximum Gasteiger partial charge on any atom is 0.323 e. The number of aryl methyl sites for hydroxylation is 1. The predicted molar refractivity (Wildman–Crippen MR) is 156 cm³/mol. The van der Waals surface area contributed by atoms with Gasteiger partial charge < -0.3 is 15.0 Å². The zero-order chi connectivity index (χ0) is 26.2. The van der Waals surface area contributed by atoms with Crippen LogP contribution < -0.4 is 10.6 Å². The number of para-hydroxylation sites is 1. The van der Waals surface area contributed by atoms with E-state index in [2.05, 4.69) is 77.1 Å². The molecule has 5 rings (SSSR count). The first kappa shape index (κ1) is 26.4. The van der Waals surface area contributed by atoms with Crippen LogP contribution in [0.15, 0.2) is 78.9 Å². The number of carbonyl (C=O) groups excluding carboxylic acids is 1. The van der Waals surface area contributed by atoms with Crippen molar-refractivity contribution in [2.45, 2.75) is 38.1 Å². The van der Waals surface area contributed by atoms with E-state index in [0.29, 0.717) is 24.3 Å². The van der Waals surface area contributed by atoms with Gasteiger partial charge in [-0.05, 0) is 55.0 Å². The van der Waals surface area contributed by atoms with Gasteiger partial charge in [0.05, 0.1) is 10.2 Å². The Labute approximate surface area is 229 Å². The lowest BCUT2D eigenvalue weighted by molar-refractivity contribution is 0.0775. The molecule has 3 aromatic carbocycles. The van der Waals surface area contributed by atoms with Crippen molar-refractivity contribution >= 4 is 32.7 Å². The molecule has 1 aliphatic heterocycles. The third-order valence-electron chi connectivity index (χ3n) is 7.28. The van der Waals surface area contributed by atoms with Gasteiger partial charge in [-0.2, -0.15) is 0 Å². The Hall–Kier alpha value is -3.26. The molecule has 2 N–H and O–H groups in total. The maximum absolute atomic E-state index is 13.6. The van der Waals surface area contributed by atoms with E-state index in [0.717, 1.165) is 49.2 Å². The lowest BCUT2D eigenvalue weighted by Gasteiger charge is -2.28. The van der Waals surface area contributed by atoms with E-state index in [1.807, 2.05) is 29.2 Å². The zero-order valence-electron chi connectivity index (χ0n) is 21.9. The Morgan fingerprint density at radius 1 is 1.00 bits per heavy atom. The van der Waals surface area contributed by atoms with Crippen LogP contribution in [0.1, 0.15) is 41.9 Å². The molecule has 4 aromatic rings. The summed E-state index contributed by atoms with van der Waals surface area (Å²) in [6, 6.07) is 27.5. The quantitative estimate of drug-likeness (QED) is 0.249. The van der Waals surface area contributed by atoms with Crippen LogP contribution in [0, 0.1) is 6.92 Å². The summed E-state index contributed by atoms with van der Waals surface area (Å²) >= 11 is 1.51. The summed E-state index contributed by atoms with van der Waals surface area (Å²) in [5, 5.41) is 7.36. The summed E-state index contributed by atoms with van der Waals surface area (Å²) in [5.41, 5.74) is 4.76. The Morgan fingerprint density at radius 3 is 2.53 bits per heavy atom. The average Bonchev–Trinajstić information content (AvgIpc) is 3.36. The molecule has 1 aliphatic rings. The molecular weight excluding hydrogens is 492 g/mol. The van der Waals surface area contributed by atoms with E-state index < -0.39 is 0 Å². The summed E-state index contributed by atoms with van der Waals surface area (Å²) in [6.45, 7) is 5.78. The van der Waals surface area contributed by atoms with Crippen molar-refractivity contribution < 1.29 is 9.53 Å². The van der Waals surface area contributed by atoms with Gasteiger partial charge in [-0.1, -0.05) is 78.1 Å². The van der Waals surface area contributed by atoms with E-state index in [1.165, 1.54) is 28.0 Å². The highest BCUT2D eigenvalue weighted by Crippen LogP contribution is 2.31. The first-order valence-corrected chi connectivity index (χ1v) is 14.3. The maximum atomic E-state index is 13.6. The van der Waals surface area contributed by atoms with Crippen molar-refractivity contribution in [2.75, 3.05) is 38.2 Å². The Balaban J connectivity index is 1.32. The number of hydrogen-bond donors (Lipinski definition) is 2. The first-order chi connectivity index (χ1) is 18.7. The average molecular weight is 529 g/mol. The SMILES string of the molecule is Cc1ccccc1C(CCN(CCNC1CCOCC1)C(=O)Nc1nc2ccccc2s1)c1ccccc1. The number of urea groups is 1. The van der Waals surface area contributed by atoms with Crippen LogP contribution in [0.25, 0.3) is 10.2 Å². The molecule has 1 saturated heterocycles. The van der Waals surface area contributed by atoms with Crippen molar-refractivity contribution in [3.63, 3.8) is 0 Å². The second kappa shape index (κ2) is 13.0. The highest BCUT2D eigenvalue weighted by molar-refractivity contribution is 7.22. The van der Waals surface area contributed by atoms with Gasteiger partial charge in [0, 0.05) is 44.8 Å². The Kier molecular flexibility index (Phi) is 9.02. The number of fused-ring (bicyclic) bond motifs is 1. The number of amides is 2. The van der Waals surface area contributed by atoms with Crippen molar-refractivity contribution in [3.05, 3.63) is 95.6 Å². The van der Waals surface area contributed by atoms with Crippen LogP contribution in [0.4, 0.5) is 9.93 Å². The van der Waals surface area contributed by atoms with E-state index in [4.69, 9.17) is 4.74 Å². The third kappa shape index (κ3) is 6.78. The normalized spacial score (nSPS) is 14.9. The number of anilines is 1. The number of thiazole rings is 1. The lowest BCUT2D eigenvalue weighted by Crippen LogP contribution is -2.43. The number of rotatable bonds is 10. The summed E-state index contributed by atoms with van der Waals surface area (Å²) in [7, 11) is 0. The van der Waals surface area contributed by atoms with E-state index in [9.17, 15) is 4.79 Å². The fourth-order valence-electron chi connectivity index (χ4n) is 5.17. The van der Waals surface area contributed by atoms with Gasteiger partial charge in [0.1, 0.15) is 0 Å². The van der Waals surface area contributed by atoms with Gasteiger partial charge in [-0.15, -0.1) is 0 Å². The molecule has 0 saturated carbocycles. The molecule has 2 amide bonds. The largest absolute Gasteiger partial charge is 0.381 e. The molecule has 0 bridgehead atoms. The molecule has 1 fully saturated rings. The fraction of sp³-hybridized carbons (Fsp3) is 0.355. The van der Waals surface area contributed by atoms with Gasteiger partial charge in [0.15, 0.2) is 5.13 Å². The molecule has 1 unspecified atom stereocenters. The van der Waals surface area contributed by atoms with E-state index in [-0.39, 0.29) is 11.9 Å². The summed E-state index contributed by atoms with van der Waals surface area (Å²) in [6.07, 6.45) is 2.86. The monoisotopic (exact) mass is 528 g/mol. The smallest absolute Gasteiger partial charge is 0.323 e. The van der Waals surface area contributed by atoms with E-state index in [1.54, 1.807) is 0 Å². The van der Waals surface area contributed by atoms with Crippen LogP contribution in [-0.4, -0.2) is 54.8 Å². The lowest BCUT2D eigenvalue weighted by atomic mass is 9.86.